The van der Waals surface area contributed by atoms with Gasteiger partial charge < -0.3 is 25.3 Å². The smallest absolute Gasteiger partial charge is 0.336 e. The molecule has 0 aliphatic carbocycles. The third-order valence-corrected chi connectivity index (χ3v) is 5.69. The van der Waals surface area contributed by atoms with Crippen LogP contribution in [0.4, 0.5) is 0 Å². The van der Waals surface area contributed by atoms with E-state index in [-0.39, 0.29) is 0 Å². The standard InChI is InChI=1S/C14H20N2S2.C6H8O7/c1-15(2)6-7-16(10-13-5-9-17-12-13)11-14-4-3-8-18-14;7-3(8)1-6(13,5(11)12)2-4(9)10/h3-5,8-9,12H,6-7,10-11H2,1-2H3;13H,1-2H2,(H,7,8)(H,9,10)(H,11,12). The number of carboxylic acid groups (broad SMARTS) is 3. The van der Waals surface area contributed by atoms with Gasteiger partial charge in [-0.25, -0.2) is 4.79 Å². The van der Waals surface area contributed by atoms with E-state index in [1.165, 1.54) is 10.4 Å². The summed E-state index contributed by atoms with van der Waals surface area (Å²) in [5.41, 5.74) is -1.31. The third kappa shape index (κ3) is 11.0. The fourth-order valence-corrected chi connectivity index (χ4v) is 3.94. The lowest BCUT2D eigenvalue weighted by atomic mass is 9.96. The highest BCUT2D eigenvalue weighted by molar-refractivity contribution is 7.09. The van der Waals surface area contributed by atoms with Crippen molar-refractivity contribution in [2.75, 3.05) is 27.2 Å². The maximum atomic E-state index is 10.3. The molecule has 9 nitrogen and oxygen atoms in total. The molecule has 4 N–H and O–H groups in total. The number of rotatable bonds is 12. The first-order valence-electron chi connectivity index (χ1n) is 9.31. The molecule has 2 aromatic rings. The number of hydrogen-bond donors (Lipinski definition) is 4. The summed E-state index contributed by atoms with van der Waals surface area (Å²) >= 11 is 3.62. The molecule has 0 amide bonds. The predicted octanol–water partition coefficient (Wildman–Crippen LogP) is 2.12. The molecule has 2 heterocycles. The summed E-state index contributed by atoms with van der Waals surface area (Å²) in [5, 5.41) is 40.4. The van der Waals surface area contributed by atoms with Gasteiger partial charge in [0.05, 0.1) is 12.8 Å². The molecule has 0 atom stereocenters. The Labute approximate surface area is 188 Å². The fraction of sp³-hybridized carbons (Fsp3) is 0.450. The van der Waals surface area contributed by atoms with Crippen LogP contribution in [0.3, 0.4) is 0 Å². The molecule has 2 aromatic heterocycles. The summed E-state index contributed by atoms with van der Waals surface area (Å²) in [6.07, 6.45) is -2.29. The molecular formula is C20H28N2O7S2. The summed E-state index contributed by atoms with van der Waals surface area (Å²) in [4.78, 5) is 36.7. The summed E-state index contributed by atoms with van der Waals surface area (Å²) in [7, 11) is 4.27. The van der Waals surface area contributed by atoms with Crippen LogP contribution < -0.4 is 0 Å². The van der Waals surface area contributed by atoms with E-state index >= 15 is 0 Å². The van der Waals surface area contributed by atoms with Gasteiger partial charge in [-0.1, -0.05) is 6.07 Å². The first-order valence-corrected chi connectivity index (χ1v) is 11.1. The Bertz CT molecular complexity index is 755. The highest BCUT2D eigenvalue weighted by Gasteiger charge is 2.40. The monoisotopic (exact) mass is 472 g/mol. The zero-order valence-electron chi connectivity index (χ0n) is 17.4. The molecule has 2 rings (SSSR count). The van der Waals surface area contributed by atoms with Gasteiger partial charge in [-0.2, -0.15) is 11.3 Å². The second kappa shape index (κ2) is 13.2. The Morgan fingerprint density at radius 1 is 0.968 bits per heavy atom. The van der Waals surface area contributed by atoms with E-state index in [0.717, 1.165) is 26.2 Å². The Balaban J connectivity index is 0.000000330. The number of carbonyl (C=O) groups is 3. The number of thiophene rings is 2. The van der Waals surface area contributed by atoms with Gasteiger partial charge in [-0.05, 0) is 47.9 Å². The zero-order chi connectivity index (χ0) is 23.4. The number of aliphatic carboxylic acids is 3. The number of likely N-dealkylation sites (N-methyl/N-ethyl adjacent to an activating group) is 1. The van der Waals surface area contributed by atoms with Gasteiger partial charge in [0.25, 0.3) is 0 Å². The van der Waals surface area contributed by atoms with E-state index in [0.29, 0.717) is 0 Å². The Morgan fingerprint density at radius 3 is 2.03 bits per heavy atom. The van der Waals surface area contributed by atoms with Crippen LogP contribution in [0.15, 0.2) is 34.3 Å². The van der Waals surface area contributed by atoms with E-state index in [4.69, 9.17) is 20.4 Å². The van der Waals surface area contributed by atoms with E-state index in [1.54, 1.807) is 11.3 Å². The van der Waals surface area contributed by atoms with Crippen LogP contribution in [0.5, 0.6) is 0 Å². The third-order valence-electron chi connectivity index (χ3n) is 4.09. The van der Waals surface area contributed by atoms with Gasteiger partial charge in [0.2, 0.25) is 0 Å². The van der Waals surface area contributed by atoms with E-state index in [1.807, 2.05) is 11.3 Å². The van der Waals surface area contributed by atoms with Crippen molar-refractivity contribution in [2.24, 2.45) is 0 Å². The van der Waals surface area contributed by atoms with E-state index < -0.39 is 36.4 Å². The lowest BCUT2D eigenvalue weighted by molar-refractivity contribution is -0.170. The molecule has 11 heteroatoms. The molecule has 0 saturated carbocycles. The van der Waals surface area contributed by atoms with Crippen molar-refractivity contribution < 1.29 is 34.8 Å². The summed E-state index contributed by atoms with van der Waals surface area (Å²) in [6.45, 7) is 4.33. The van der Waals surface area contributed by atoms with Crippen LogP contribution in [0.25, 0.3) is 0 Å². The average molecular weight is 473 g/mol. The van der Waals surface area contributed by atoms with Crippen LogP contribution in [-0.2, 0) is 27.5 Å². The van der Waals surface area contributed by atoms with Crippen LogP contribution in [-0.4, -0.2) is 80.9 Å². The van der Waals surface area contributed by atoms with E-state index in [2.05, 4.69) is 58.2 Å². The van der Waals surface area contributed by atoms with Crippen LogP contribution in [0.2, 0.25) is 0 Å². The Morgan fingerprint density at radius 2 is 1.61 bits per heavy atom. The molecule has 0 bridgehead atoms. The van der Waals surface area contributed by atoms with Gasteiger partial charge in [0.15, 0.2) is 5.60 Å². The topological polar surface area (TPSA) is 139 Å². The largest absolute Gasteiger partial charge is 0.481 e. The molecule has 31 heavy (non-hydrogen) atoms. The summed E-state index contributed by atoms with van der Waals surface area (Å²) in [6, 6.07) is 6.58. The molecule has 0 fully saturated rings. The van der Waals surface area contributed by atoms with Crippen molar-refractivity contribution >= 4 is 40.6 Å². The zero-order valence-corrected chi connectivity index (χ0v) is 19.1. The Hall–Kier alpha value is -2.31. The average Bonchev–Trinajstić information content (AvgIpc) is 3.32. The van der Waals surface area contributed by atoms with Gasteiger partial charge in [-0.3, -0.25) is 14.5 Å². The maximum absolute atomic E-state index is 10.3. The van der Waals surface area contributed by atoms with Gasteiger partial charge in [-0.15, -0.1) is 11.3 Å². The van der Waals surface area contributed by atoms with Crippen LogP contribution >= 0.6 is 22.7 Å². The molecular weight excluding hydrogens is 444 g/mol. The first kappa shape index (κ1) is 26.7. The summed E-state index contributed by atoms with van der Waals surface area (Å²) in [5.74, 6) is -5.02. The highest BCUT2D eigenvalue weighted by Crippen LogP contribution is 2.16. The Kier molecular flexibility index (Phi) is 11.4. The SMILES string of the molecule is CN(C)CCN(Cc1ccsc1)Cc1cccs1.O=C(O)CC(O)(CC(=O)O)C(=O)O. The van der Waals surface area contributed by atoms with Gasteiger partial charge in [0.1, 0.15) is 0 Å². The first-order chi connectivity index (χ1) is 14.5. The molecule has 0 radical (unpaired) electrons. The normalized spacial score (nSPS) is 11.3. The van der Waals surface area contributed by atoms with Crippen LogP contribution in [0.1, 0.15) is 23.3 Å². The van der Waals surface area contributed by atoms with Crippen molar-refractivity contribution in [3.05, 3.63) is 44.8 Å². The quantitative estimate of drug-likeness (QED) is 0.366. The molecule has 0 spiro atoms. The van der Waals surface area contributed by atoms with Crippen molar-refractivity contribution in [1.82, 2.24) is 9.80 Å². The predicted molar refractivity (Wildman–Crippen MR) is 118 cm³/mol. The van der Waals surface area contributed by atoms with Crippen molar-refractivity contribution in [3.63, 3.8) is 0 Å². The number of hydrogen-bond acceptors (Lipinski definition) is 8. The highest BCUT2D eigenvalue weighted by atomic mass is 32.1. The second-order valence-electron chi connectivity index (χ2n) is 7.20. The fourth-order valence-electron chi connectivity index (χ4n) is 2.53. The maximum Gasteiger partial charge on any atom is 0.336 e. The second-order valence-corrected chi connectivity index (χ2v) is 9.01. The number of nitrogens with zero attached hydrogens (tertiary/aromatic N) is 2. The molecule has 0 saturated heterocycles. The minimum atomic E-state index is -2.74. The van der Waals surface area contributed by atoms with Gasteiger partial charge in [0, 0.05) is 31.1 Å². The van der Waals surface area contributed by atoms with Crippen LogP contribution in [0, 0.1) is 0 Å². The minimum Gasteiger partial charge on any atom is -0.481 e. The molecule has 0 aromatic carbocycles. The van der Waals surface area contributed by atoms with Crippen molar-refractivity contribution in [3.8, 4) is 0 Å². The molecule has 172 valence electrons. The summed E-state index contributed by atoms with van der Waals surface area (Å²) < 4.78 is 0. The molecule has 0 aliphatic rings. The lowest BCUT2D eigenvalue weighted by Crippen LogP contribution is -2.42. The lowest BCUT2D eigenvalue weighted by Gasteiger charge is -2.23. The van der Waals surface area contributed by atoms with Gasteiger partial charge >= 0.3 is 17.9 Å². The minimum absolute atomic E-state index is 1.05. The number of aliphatic hydroxyl groups is 1. The van der Waals surface area contributed by atoms with E-state index in [9.17, 15) is 14.4 Å². The number of carboxylic acids is 3. The van der Waals surface area contributed by atoms with Crippen molar-refractivity contribution in [1.29, 1.82) is 0 Å². The van der Waals surface area contributed by atoms with Crippen molar-refractivity contribution in [2.45, 2.75) is 31.5 Å². The molecule has 0 unspecified atom stereocenters. The molecule has 0 aliphatic heterocycles.